The van der Waals surface area contributed by atoms with Gasteiger partial charge in [0.1, 0.15) is 0 Å². The molecule has 0 bridgehead atoms. The summed E-state index contributed by atoms with van der Waals surface area (Å²) in [6.07, 6.45) is 2.03. The van der Waals surface area contributed by atoms with E-state index in [1.807, 2.05) is 0 Å². The van der Waals surface area contributed by atoms with Crippen molar-refractivity contribution >= 4 is 0 Å². The van der Waals surface area contributed by atoms with Crippen molar-refractivity contribution in [2.45, 2.75) is 32.3 Å². The minimum atomic E-state index is -0.350. The molecule has 1 aliphatic carbocycles. The lowest BCUT2D eigenvalue weighted by Crippen LogP contribution is -2.33. The molecule has 2 aliphatic rings. The number of fused-ring (bicyclic) bond motifs is 1. The maximum absolute atomic E-state index is 10.2. The van der Waals surface area contributed by atoms with E-state index in [-0.39, 0.29) is 5.60 Å². The molecule has 0 spiro atoms. The number of hydrogen-bond acceptors (Lipinski definition) is 2. The Morgan fingerprint density at radius 1 is 1.25 bits per heavy atom. The van der Waals surface area contributed by atoms with Gasteiger partial charge in [0.25, 0.3) is 0 Å². The van der Waals surface area contributed by atoms with Crippen molar-refractivity contribution in [2.75, 3.05) is 13.1 Å². The van der Waals surface area contributed by atoms with E-state index >= 15 is 0 Å². The molecule has 2 rings (SSSR count). The van der Waals surface area contributed by atoms with Crippen LogP contribution in [0.15, 0.2) is 0 Å². The Labute approximate surface area is 74.4 Å². The predicted octanol–water partition coefficient (Wildman–Crippen LogP) is 1.00. The molecule has 0 aromatic heterocycles. The van der Waals surface area contributed by atoms with Crippen LogP contribution in [-0.2, 0) is 0 Å². The summed E-state index contributed by atoms with van der Waals surface area (Å²) in [4.78, 5) is 0. The van der Waals surface area contributed by atoms with Crippen molar-refractivity contribution in [1.29, 1.82) is 0 Å². The predicted molar refractivity (Wildman–Crippen MR) is 48.9 cm³/mol. The average Bonchev–Trinajstić information content (AvgIpc) is 2.44. The van der Waals surface area contributed by atoms with Crippen molar-refractivity contribution in [3.05, 3.63) is 0 Å². The largest absolute Gasteiger partial charge is 0.390 e. The third-order valence-electron chi connectivity index (χ3n) is 3.79. The van der Waals surface area contributed by atoms with E-state index in [4.69, 9.17) is 0 Å². The van der Waals surface area contributed by atoms with Gasteiger partial charge in [-0.05, 0) is 43.7 Å². The maximum atomic E-state index is 10.2. The van der Waals surface area contributed by atoms with Gasteiger partial charge in [-0.1, -0.05) is 13.8 Å². The zero-order valence-corrected chi connectivity index (χ0v) is 8.01. The molecule has 0 aromatic carbocycles. The Kier molecular flexibility index (Phi) is 1.92. The van der Waals surface area contributed by atoms with Crippen LogP contribution in [0.2, 0.25) is 0 Å². The van der Waals surface area contributed by atoms with Gasteiger partial charge in [-0.25, -0.2) is 0 Å². The molecule has 2 unspecified atom stereocenters. The summed E-state index contributed by atoms with van der Waals surface area (Å²) in [5.41, 5.74) is -0.350. The van der Waals surface area contributed by atoms with Crippen LogP contribution >= 0.6 is 0 Å². The van der Waals surface area contributed by atoms with E-state index in [0.717, 1.165) is 37.8 Å². The van der Waals surface area contributed by atoms with Gasteiger partial charge in [0.15, 0.2) is 0 Å². The Bertz CT molecular complexity index is 167. The quantitative estimate of drug-likeness (QED) is 0.614. The Morgan fingerprint density at radius 2 is 1.75 bits per heavy atom. The van der Waals surface area contributed by atoms with E-state index in [9.17, 15) is 5.11 Å². The maximum Gasteiger partial charge on any atom is 0.0677 e. The van der Waals surface area contributed by atoms with E-state index in [0.29, 0.717) is 5.92 Å². The highest BCUT2D eigenvalue weighted by Crippen LogP contribution is 2.44. The molecule has 2 N–H and O–H groups in total. The molecule has 1 heterocycles. The molecule has 1 aliphatic heterocycles. The summed E-state index contributed by atoms with van der Waals surface area (Å²) in [5.74, 6) is 1.91. The smallest absolute Gasteiger partial charge is 0.0677 e. The van der Waals surface area contributed by atoms with Crippen LogP contribution in [0.3, 0.4) is 0 Å². The van der Waals surface area contributed by atoms with Crippen molar-refractivity contribution < 1.29 is 5.11 Å². The van der Waals surface area contributed by atoms with Crippen LogP contribution in [0.5, 0.6) is 0 Å². The Balaban J connectivity index is 2.06. The fourth-order valence-electron chi connectivity index (χ4n) is 2.73. The lowest BCUT2D eigenvalue weighted by molar-refractivity contribution is -0.00528. The highest BCUT2D eigenvalue weighted by atomic mass is 16.3. The van der Waals surface area contributed by atoms with Crippen LogP contribution in [0.25, 0.3) is 0 Å². The fraction of sp³-hybridized carbons (Fsp3) is 1.00. The van der Waals surface area contributed by atoms with Gasteiger partial charge in [0.05, 0.1) is 5.60 Å². The molecular formula is C10H19NO. The van der Waals surface area contributed by atoms with E-state index < -0.39 is 0 Å². The van der Waals surface area contributed by atoms with Gasteiger partial charge in [-0.3, -0.25) is 0 Å². The zero-order valence-electron chi connectivity index (χ0n) is 8.01. The molecule has 2 atom stereocenters. The monoisotopic (exact) mass is 169 g/mol. The molecule has 0 amide bonds. The normalized spacial score (nSPS) is 47.0. The molecule has 2 fully saturated rings. The van der Waals surface area contributed by atoms with E-state index in [2.05, 4.69) is 19.2 Å². The second-order valence-corrected chi connectivity index (χ2v) is 4.84. The molecule has 1 saturated heterocycles. The molecule has 0 radical (unpaired) electrons. The van der Waals surface area contributed by atoms with E-state index in [1.54, 1.807) is 0 Å². The average molecular weight is 169 g/mol. The highest BCUT2D eigenvalue weighted by Gasteiger charge is 2.47. The molecule has 12 heavy (non-hydrogen) atoms. The number of aliphatic hydroxyl groups is 1. The minimum Gasteiger partial charge on any atom is -0.390 e. The summed E-state index contributed by atoms with van der Waals surface area (Å²) < 4.78 is 0. The summed E-state index contributed by atoms with van der Waals surface area (Å²) in [5, 5.41) is 13.6. The molecule has 0 aromatic rings. The molecule has 2 heteroatoms. The summed E-state index contributed by atoms with van der Waals surface area (Å²) in [6.45, 7) is 6.52. The lowest BCUT2D eigenvalue weighted by atomic mass is 9.87. The third kappa shape index (κ3) is 1.17. The van der Waals surface area contributed by atoms with E-state index in [1.165, 1.54) is 0 Å². The second-order valence-electron chi connectivity index (χ2n) is 4.84. The Morgan fingerprint density at radius 3 is 2.17 bits per heavy atom. The van der Waals surface area contributed by atoms with Gasteiger partial charge in [0.2, 0.25) is 0 Å². The van der Waals surface area contributed by atoms with Gasteiger partial charge in [0, 0.05) is 0 Å². The third-order valence-corrected chi connectivity index (χ3v) is 3.79. The van der Waals surface area contributed by atoms with Crippen molar-refractivity contribution in [2.24, 2.45) is 17.8 Å². The minimum absolute atomic E-state index is 0.350. The lowest BCUT2D eigenvalue weighted by Gasteiger charge is -2.28. The van der Waals surface area contributed by atoms with Gasteiger partial charge < -0.3 is 10.4 Å². The number of rotatable bonds is 1. The van der Waals surface area contributed by atoms with Gasteiger partial charge in [-0.2, -0.15) is 0 Å². The standard InChI is InChI=1S/C10H19NO/c1-7(2)10(12)3-8-5-11-6-9(8)4-10/h7-9,11-12H,3-6H2,1-2H3. The van der Waals surface area contributed by atoms with Crippen LogP contribution in [-0.4, -0.2) is 23.8 Å². The van der Waals surface area contributed by atoms with Crippen LogP contribution in [0, 0.1) is 17.8 Å². The first kappa shape index (κ1) is 8.52. The summed E-state index contributed by atoms with van der Waals surface area (Å²) in [6, 6.07) is 0. The molecule has 2 nitrogen and oxygen atoms in total. The summed E-state index contributed by atoms with van der Waals surface area (Å²) >= 11 is 0. The second kappa shape index (κ2) is 2.71. The van der Waals surface area contributed by atoms with Crippen molar-refractivity contribution in [3.8, 4) is 0 Å². The van der Waals surface area contributed by atoms with Gasteiger partial charge in [-0.15, -0.1) is 0 Å². The SMILES string of the molecule is CC(C)C1(O)CC2CNCC2C1. The van der Waals surface area contributed by atoms with Crippen LogP contribution in [0.4, 0.5) is 0 Å². The Hall–Kier alpha value is -0.0800. The first-order valence-corrected chi connectivity index (χ1v) is 5.05. The first-order valence-electron chi connectivity index (χ1n) is 5.05. The van der Waals surface area contributed by atoms with Crippen molar-refractivity contribution in [1.82, 2.24) is 5.32 Å². The van der Waals surface area contributed by atoms with Crippen molar-refractivity contribution in [3.63, 3.8) is 0 Å². The highest BCUT2D eigenvalue weighted by molar-refractivity contribution is 5.00. The first-order chi connectivity index (χ1) is 5.62. The number of nitrogens with one attached hydrogen (secondary N) is 1. The zero-order chi connectivity index (χ0) is 8.77. The molecule has 1 saturated carbocycles. The van der Waals surface area contributed by atoms with Gasteiger partial charge >= 0.3 is 0 Å². The fourth-order valence-corrected chi connectivity index (χ4v) is 2.73. The topological polar surface area (TPSA) is 32.3 Å². The molecule has 70 valence electrons. The van der Waals surface area contributed by atoms with Crippen LogP contribution in [0.1, 0.15) is 26.7 Å². The number of hydrogen-bond donors (Lipinski definition) is 2. The molecular weight excluding hydrogens is 150 g/mol. The van der Waals surface area contributed by atoms with Crippen LogP contribution < -0.4 is 5.32 Å². The summed E-state index contributed by atoms with van der Waals surface area (Å²) in [7, 11) is 0.